The summed E-state index contributed by atoms with van der Waals surface area (Å²) < 4.78 is 6.22. The summed E-state index contributed by atoms with van der Waals surface area (Å²) in [5.41, 5.74) is 9.06. The van der Waals surface area contributed by atoms with Crippen molar-refractivity contribution in [3.63, 3.8) is 0 Å². The molecule has 1 atom stereocenters. The first-order valence-electron chi connectivity index (χ1n) is 9.61. The van der Waals surface area contributed by atoms with E-state index in [1.807, 2.05) is 0 Å². The van der Waals surface area contributed by atoms with Crippen molar-refractivity contribution in [1.82, 2.24) is 5.32 Å². The summed E-state index contributed by atoms with van der Waals surface area (Å²) in [6.07, 6.45) is -0.526. The van der Waals surface area contributed by atoms with Gasteiger partial charge in [-0.25, -0.2) is 0 Å². The van der Waals surface area contributed by atoms with Crippen LogP contribution in [0.2, 0.25) is 0 Å². The average molecular weight is 358 g/mol. The van der Waals surface area contributed by atoms with Gasteiger partial charge in [-0.3, -0.25) is 0 Å². The number of nitrogens with one attached hydrogen (secondary N) is 1. The molecular weight excluding hydrogens is 322 g/mol. The smallest absolute Gasteiger partial charge is 0.130 e. The molecule has 0 aliphatic rings. The van der Waals surface area contributed by atoms with Gasteiger partial charge in [0.25, 0.3) is 0 Å². The van der Waals surface area contributed by atoms with Crippen LogP contribution >= 0.6 is 0 Å². The number of aliphatic hydroxyl groups is 1. The van der Waals surface area contributed by atoms with Crippen molar-refractivity contribution < 1.29 is 9.84 Å². The SMILES string of the molecule is Cc1c(C)c(C)c2c(OCC(O)CNC(C)C)c(C)c(C)c(C)c2c1C. The minimum atomic E-state index is -0.526. The lowest BCUT2D eigenvalue weighted by Crippen LogP contribution is -2.35. The fourth-order valence-electron chi connectivity index (χ4n) is 3.68. The minimum absolute atomic E-state index is 0.295. The third-order valence-electron chi connectivity index (χ3n) is 5.94. The standard InChI is InChI=1S/C23H35NO2/c1-12(2)24-10-20(25)11-26-23-19(9)15(5)17(7)21-16(6)13(3)14(4)18(8)22(21)23/h12,20,24-25H,10-11H2,1-9H3. The maximum absolute atomic E-state index is 10.3. The summed E-state index contributed by atoms with van der Waals surface area (Å²) in [7, 11) is 0. The summed E-state index contributed by atoms with van der Waals surface area (Å²) in [6, 6.07) is 0.351. The fourth-order valence-corrected chi connectivity index (χ4v) is 3.68. The highest BCUT2D eigenvalue weighted by Crippen LogP contribution is 2.41. The third kappa shape index (κ3) is 3.74. The number of rotatable bonds is 6. The van der Waals surface area contributed by atoms with Crippen LogP contribution in [0.25, 0.3) is 10.8 Å². The highest BCUT2D eigenvalue weighted by Gasteiger charge is 2.20. The predicted molar refractivity (Wildman–Crippen MR) is 112 cm³/mol. The van der Waals surface area contributed by atoms with Crippen molar-refractivity contribution in [3.05, 3.63) is 38.9 Å². The summed E-state index contributed by atoms with van der Waals surface area (Å²) in [6.45, 7) is 20.3. The van der Waals surface area contributed by atoms with E-state index in [1.165, 1.54) is 49.7 Å². The van der Waals surface area contributed by atoms with E-state index in [9.17, 15) is 5.11 Å². The monoisotopic (exact) mass is 357 g/mol. The number of aryl methyl sites for hydroxylation is 3. The summed E-state index contributed by atoms with van der Waals surface area (Å²) in [5, 5.41) is 16.1. The Labute approximate surface area is 158 Å². The molecule has 2 N–H and O–H groups in total. The number of hydrogen-bond donors (Lipinski definition) is 2. The molecule has 0 saturated heterocycles. The number of hydrogen-bond acceptors (Lipinski definition) is 3. The molecule has 0 aliphatic carbocycles. The molecule has 2 rings (SSSR count). The van der Waals surface area contributed by atoms with Gasteiger partial charge in [-0.2, -0.15) is 0 Å². The van der Waals surface area contributed by atoms with Gasteiger partial charge in [0.2, 0.25) is 0 Å². The van der Waals surface area contributed by atoms with E-state index >= 15 is 0 Å². The highest BCUT2D eigenvalue weighted by atomic mass is 16.5. The zero-order valence-electron chi connectivity index (χ0n) is 17.9. The number of ether oxygens (including phenoxy) is 1. The predicted octanol–water partition coefficient (Wildman–Crippen LogP) is 4.74. The van der Waals surface area contributed by atoms with E-state index in [0.717, 1.165) is 5.75 Å². The van der Waals surface area contributed by atoms with E-state index in [-0.39, 0.29) is 0 Å². The van der Waals surface area contributed by atoms with Crippen LogP contribution in [0.3, 0.4) is 0 Å². The van der Waals surface area contributed by atoms with Crippen LogP contribution in [-0.4, -0.2) is 30.4 Å². The Morgan fingerprint density at radius 2 is 1.19 bits per heavy atom. The van der Waals surface area contributed by atoms with E-state index in [1.54, 1.807) is 0 Å². The quantitative estimate of drug-likeness (QED) is 0.785. The van der Waals surface area contributed by atoms with Crippen LogP contribution in [0.4, 0.5) is 0 Å². The number of aliphatic hydroxyl groups excluding tert-OH is 1. The minimum Gasteiger partial charge on any atom is -0.490 e. The van der Waals surface area contributed by atoms with Crippen molar-refractivity contribution in [3.8, 4) is 5.75 Å². The second-order valence-electron chi connectivity index (χ2n) is 7.98. The molecule has 0 heterocycles. The molecule has 1 unspecified atom stereocenters. The molecule has 2 aromatic rings. The normalized spacial score (nSPS) is 12.9. The Morgan fingerprint density at radius 1 is 0.731 bits per heavy atom. The summed E-state index contributed by atoms with van der Waals surface area (Å²) in [4.78, 5) is 0. The van der Waals surface area contributed by atoms with Crippen molar-refractivity contribution in [2.24, 2.45) is 0 Å². The zero-order valence-corrected chi connectivity index (χ0v) is 17.9. The summed E-state index contributed by atoms with van der Waals surface area (Å²) in [5.74, 6) is 0.926. The highest BCUT2D eigenvalue weighted by molar-refractivity contribution is 5.99. The molecule has 2 aromatic carbocycles. The van der Waals surface area contributed by atoms with Gasteiger partial charge in [0, 0.05) is 18.0 Å². The van der Waals surface area contributed by atoms with Gasteiger partial charge in [-0.1, -0.05) is 13.8 Å². The molecule has 144 valence electrons. The topological polar surface area (TPSA) is 41.5 Å². The molecule has 26 heavy (non-hydrogen) atoms. The first-order valence-corrected chi connectivity index (χ1v) is 9.61. The first-order chi connectivity index (χ1) is 12.1. The van der Waals surface area contributed by atoms with E-state index in [0.29, 0.717) is 19.2 Å². The van der Waals surface area contributed by atoms with Gasteiger partial charge in [0.1, 0.15) is 18.5 Å². The van der Waals surface area contributed by atoms with Crippen molar-refractivity contribution in [2.45, 2.75) is 74.5 Å². The molecule has 0 bridgehead atoms. The molecule has 0 spiro atoms. The van der Waals surface area contributed by atoms with Crippen LogP contribution in [-0.2, 0) is 0 Å². The van der Waals surface area contributed by atoms with Gasteiger partial charge < -0.3 is 15.2 Å². The molecule has 3 nitrogen and oxygen atoms in total. The molecule has 0 aliphatic heterocycles. The Hall–Kier alpha value is -1.58. The summed E-state index contributed by atoms with van der Waals surface area (Å²) >= 11 is 0. The second-order valence-corrected chi connectivity index (χ2v) is 7.98. The van der Waals surface area contributed by atoms with Crippen LogP contribution < -0.4 is 10.1 Å². The lowest BCUT2D eigenvalue weighted by molar-refractivity contribution is 0.105. The molecular formula is C23H35NO2. The Kier molecular flexibility index (Phi) is 6.36. The molecule has 0 aromatic heterocycles. The van der Waals surface area contributed by atoms with Crippen LogP contribution in [0.1, 0.15) is 52.8 Å². The van der Waals surface area contributed by atoms with Gasteiger partial charge in [0.15, 0.2) is 0 Å². The van der Waals surface area contributed by atoms with Gasteiger partial charge in [-0.15, -0.1) is 0 Å². The van der Waals surface area contributed by atoms with E-state index < -0.39 is 6.10 Å². The van der Waals surface area contributed by atoms with Crippen LogP contribution in [0.15, 0.2) is 0 Å². The lowest BCUT2D eigenvalue weighted by Gasteiger charge is -2.24. The third-order valence-corrected chi connectivity index (χ3v) is 5.94. The van der Waals surface area contributed by atoms with Gasteiger partial charge >= 0.3 is 0 Å². The van der Waals surface area contributed by atoms with E-state index in [4.69, 9.17) is 4.74 Å². The van der Waals surface area contributed by atoms with E-state index in [2.05, 4.69) is 67.6 Å². The largest absolute Gasteiger partial charge is 0.490 e. The van der Waals surface area contributed by atoms with Crippen LogP contribution in [0.5, 0.6) is 5.75 Å². The molecule has 0 fully saturated rings. The first kappa shape index (κ1) is 20.7. The molecule has 0 saturated carbocycles. The maximum Gasteiger partial charge on any atom is 0.130 e. The molecule has 0 amide bonds. The van der Waals surface area contributed by atoms with Gasteiger partial charge in [0.05, 0.1) is 0 Å². The lowest BCUT2D eigenvalue weighted by atomic mass is 9.85. The van der Waals surface area contributed by atoms with Crippen molar-refractivity contribution >= 4 is 10.8 Å². The Morgan fingerprint density at radius 3 is 1.69 bits per heavy atom. The zero-order chi connectivity index (χ0) is 19.8. The maximum atomic E-state index is 10.3. The van der Waals surface area contributed by atoms with Crippen molar-refractivity contribution in [2.75, 3.05) is 13.2 Å². The van der Waals surface area contributed by atoms with Crippen LogP contribution in [0, 0.1) is 48.5 Å². The Bertz CT molecular complexity index is 813. The number of fused-ring (bicyclic) bond motifs is 1. The average Bonchev–Trinajstić information content (AvgIpc) is 2.59. The molecule has 0 radical (unpaired) electrons. The van der Waals surface area contributed by atoms with Crippen molar-refractivity contribution in [1.29, 1.82) is 0 Å². The second kappa shape index (κ2) is 7.98. The molecule has 3 heteroatoms. The fraction of sp³-hybridized carbons (Fsp3) is 0.565. The number of benzene rings is 2. The van der Waals surface area contributed by atoms with Gasteiger partial charge in [-0.05, 0) is 92.8 Å². The Balaban J connectivity index is 2.55.